The Balaban J connectivity index is 1.84. The highest BCUT2D eigenvalue weighted by Crippen LogP contribution is 2.19. The van der Waals surface area contributed by atoms with Crippen LogP contribution in [0.2, 0.25) is 0 Å². The standard InChI is InChI=1S/C16H14N2O2S/c1-10-7-15(19)18-14-8-11(4-5-13(10)14)17-16(20)9-12-3-2-6-21-12/h2-8H,9H2,1H3,(H,17,20)(H,18,19). The summed E-state index contributed by atoms with van der Waals surface area (Å²) in [4.78, 5) is 27.3. The molecule has 0 saturated heterocycles. The van der Waals surface area contributed by atoms with Crippen molar-refractivity contribution < 1.29 is 4.79 Å². The number of nitrogens with one attached hydrogen (secondary N) is 2. The minimum atomic E-state index is -0.137. The molecule has 0 radical (unpaired) electrons. The first-order valence-corrected chi connectivity index (χ1v) is 7.46. The van der Waals surface area contributed by atoms with Crippen molar-refractivity contribution in [1.29, 1.82) is 0 Å². The lowest BCUT2D eigenvalue weighted by Crippen LogP contribution is -2.14. The quantitative estimate of drug-likeness (QED) is 0.780. The number of thiophene rings is 1. The second-order valence-electron chi connectivity index (χ2n) is 4.88. The molecule has 0 fully saturated rings. The Labute approximate surface area is 125 Å². The molecule has 1 amide bonds. The van der Waals surface area contributed by atoms with E-state index in [0.29, 0.717) is 12.1 Å². The molecule has 5 heteroatoms. The highest BCUT2D eigenvalue weighted by Gasteiger charge is 2.06. The lowest BCUT2D eigenvalue weighted by molar-refractivity contribution is -0.115. The van der Waals surface area contributed by atoms with Gasteiger partial charge in [-0.05, 0) is 36.1 Å². The van der Waals surface area contributed by atoms with Gasteiger partial charge in [0.05, 0.1) is 11.9 Å². The predicted molar refractivity (Wildman–Crippen MR) is 86.0 cm³/mol. The summed E-state index contributed by atoms with van der Waals surface area (Å²) in [6.45, 7) is 1.90. The molecule has 0 atom stereocenters. The molecule has 0 aliphatic heterocycles. The molecule has 2 aromatic heterocycles. The van der Waals surface area contributed by atoms with Gasteiger partial charge in [0.1, 0.15) is 0 Å². The summed E-state index contributed by atoms with van der Waals surface area (Å²) in [6, 6.07) is 11.0. The van der Waals surface area contributed by atoms with Crippen LogP contribution in [-0.4, -0.2) is 10.9 Å². The molecule has 3 rings (SSSR count). The number of carbonyl (C=O) groups is 1. The first kappa shape index (κ1) is 13.6. The van der Waals surface area contributed by atoms with Crippen molar-refractivity contribution >= 4 is 33.8 Å². The topological polar surface area (TPSA) is 62.0 Å². The van der Waals surface area contributed by atoms with E-state index in [0.717, 1.165) is 21.3 Å². The third kappa shape index (κ3) is 3.03. The highest BCUT2D eigenvalue weighted by atomic mass is 32.1. The van der Waals surface area contributed by atoms with E-state index in [1.165, 1.54) is 0 Å². The number of amides is 1. The number of H-pyrrole nitrogens is 1. The van der Waals surface area contributed by atoms with Crippen LogP contribution in [0.1, 0.15) is 10.4 Å². The molecular weight excluding hydrogens is 284 g/mol. The summed E-state index contributed by atoms with van der Waals surface area (Å²) in [5, 5.41) is 5.79. The highest BCUT2D eigenvalue weighted by molar-refractivity contribution is 7.10. The first-order valence-electron chi connectivity index (χ1n) is 6.58. The van der Waals surface area contributed by atoms with E-state index in [1.807, 2.05) is 36.6 Å². The number of fused-ring (bicyclic) bond motifs is 1. The van der Waals surface area contributed by atoms with E-state index >= 15 is 0 Å². The predicted octanol–water partition coefficient (Wildman–Crippen LogP) is 3.08. The molecule has 0 aliphatic rings. The lowest BCUT2D eigenvalue weighted by atomic mass is 10.1. The van der Waals surface area contributed by atoms with Crippen LogP contribution in [0.4, 0.5) is 5.69 Å². The largest absolute Gasteiger partial charge is 0.326 e. The summed E-state index contributed by atoms with van der Waals surface area (Å²) in [5.41, 5.74) is 2.20. The molecule has 2 N–H and O–H groups in total. The van der Waals surface area contributed by atoms with Gasteiger partial charge in [-0.3, -0.25) is 9.59 Å². The maximum absolute atomic E-state index is 12.0. The van der Waals surface area contributed by atoms with Gasteiger partial charge < -0.3 is 10.3 Å². The summed E-state index contributed by atoms with van der Waals surface area (Å²) in [7, 11) is 0. The van der Waals surface area contributed by atoms with Crippen molar-refractivity contribution in [3.05, 3.63) is 62.6 Å². The maximum Gasteiger partial charge on any atom is 0.248 e. The summed E-state index contributed by atoms with van der Waals surface area (Å²) in [6.07, 6.45) is 0.361. The Hall–Kier alpha value is -2.40. The lowest BCUT2D eigenvalue weighted by Gasteiger charge is -2.07. The molecule has 21 heavy (non-hydrogen) atoms. The van der Waals surface area contributed by atoms with Crippen LogP contribution in [0.15, 0.2) is 46.6 Å². The van der Waals surface area contributed by atoms with Crippen LogP contribution in [-0.2, 0) is 11.2 Å². The van der Waals surface area contributed by atoms with Gasteiger partial charge in [0.25, 0.3) is 0 Å². The molecular formula is C16H14N2O2S. The van der Waals surface area contributed by atoms with Crippen molar-refractivity contribution in [2.75, 3.05) is 5.32 Å². The van der Waals surface area contributed by atoms with Gasteiger partial charge in [-0.1, -0.05) is 12.1 Å². The molecule has 0 unspecified atom stereocenters. The van der Waals surface area contributed by atoms with E-state index in [2.05, 4.69) is 10.3 Å². The van der Waals surface area contributed by atoms with E-state index in [-0.39, 0.29) is 11.5 Å². The van der Waals surface area contributed by atoms with Crippen LogP contribution in [0.5, 0.6) is 0 Å². The Bertz CT molecular complexity index is 850. The van der Waals surface area contributed by atoms with Crippen molar-refractivity contribution in [2.24, 2.45) is 0 Å². The SMILES string of the molecule is Cc1cc(=O)[nH]c2cc(NC(=O)Cc3cccs3)ccc12. The third-order valence-electron chi connectivity index (χ3n) is 3.25. The average Bonchev–Trinajstić information content (AvgIpc) is 2.90. The minimum absolute atomic E-state index is 0.0631. The van der Waals surface area contributed by atoms with Crippen LogP contribution in [0, 0.1) is 6.92 Å². The van der Waals surface area contributed by atoms with E-state index in [9.17, 15) is 9.59 Å². The fourth-order valence-electron chi connectivity index (χ4n) is 2.29. The van der Waals surface area contributed by atoms with Gasteiger partial charge >= 0.3 is 0 Å². The van der Waals surface area contributed by atoms with Gasteiger partial charge in [0.2, 0.25) is 11.5 Å². The van der Waals surface area contributed by atoms with Crippen molar-refractivity contribution in [3.63, 3.8) is 0 Å². The number of hydrogen-bond donors (Lipinski definition) is 2. The van der Waals surface area contributed by atoms with Gasteiger partial charge in [-0.2, -0.15) is 0 Å². The Morgan fingerprint density at radius 1 is 1.29 bits per heavy atom. The number of aromatic amines is 1. The fraction of sp³-hybridized carbons (Fsp3) is 0.125. The minimum Gasteiger partial charge on any atom is -0.326 e. The Morgan fingerprint density at radius 2 is 2.14 bits per heavy atom. The van der Waals surface area contributed by atoms with Crippen LogP contribution in [0.25, 0.3) is 10.9 Å². The normalized spacial score (nSPS) is 10.7. The molecule has 0 spiro atoms. The molecule has 2 heterocycles. The van der Waals surface area contributed by atoms with E-state index < -0.39 is 0 Å². The number of pyridine rings is 1. The van der Waals surface area contributed by atoms with Gasteiger partial charge in [0.15, 0.2) is 0 Å². The van der Waals surface area contributed by atoms with Crippen LogP contribution < -0.4 is 10.9 Å². The summed E-state index contributed by atoms with van der Waals surface area (Å²) >= 11 is 1.56. The number of benzene rings is 1. The number of rotatable bonds is 3. The van der Waals surface area contributed by atoms with E-state index in [4.69, 9.17) is 0 Å². The Morgan fingerprint density at radius 3 is 2.90 bits per heavy atom. The molecule has 0 aliphatic carbocycles. The molecule has 0 bridgehead atoms. The van der Waals surface area contributed by atoms with Gasteiger partial charge in [-0.15, -0.1) is 11.3 Å². The fourth-order valence-corrected chi connectivity index (χ4v) is 2.99. The smallest absolute Gasteiger partial charge is 0.248 e. The zero-order valence-electron chi connectivity index (χ0n) is 11.5. The van der Waals surface area contributed by atoms with Crippen LogP contribution >= 0.6 is 11.3 Å². The molecule has 1 aromatic carbocycles. The molecule has 4 nitrogen and oxygen atoms in total. The number of carbonyl (C=O) groups excluding carboxylic acids is 1. The van der Waals surface area contributed by atoms with Crippen LogP contribution in [0.3, 0.4) is 0 Å². The van der Waals surface area contributed by atoms with Gasteiger partial charge in [0, 0.05) is 22.0 Å². The second kappa shape index (κ2) is 5.54. The first-order chi connectivity index (χ1) is 10.1. The van der Waals surface area contributed by atoms with Gasteiger partial charge in [-0.25, -0.2) is 0 Å². The summed E-state index contributed by atoms with van der Waals surface area (Å²) in [5.74, 6) is -0.0631. The summed E-state index contributed by atoms with van der Waals surface area (Å²) < 4.78 is 0. The monoisotopic (exact) mass is 298 g/mol. The molecule has 0 saturated carbocycles. The number of hydrogen-bond acceptors (Lipinski definition) is 3. The molecule has 106 valence electrons. The number of anilines is 1. The second-order valence-corrected chi connectivity index (χ2v) is 5.91. The zero-order valence-corrected chi connectivity index (χ0v) is 12.3. The van der Waals surface area contributed by atoms with Crippen molar-refractivity contribution in [1.82, 2.24) is 4.98 Å². The Kier molecular flexibility index (Phi) is 3.58. The molecule has 3 aromatic rings. The third-order valence-corrected chi connectivity index (χ3v) is 4.12. The maximum atomic E-state index is 12.0. The van der Waals surface area contributed by atoms with Crippen molar-refractivity contribution in [2.45, 2.75) is 13.3 Å². The van der Waals surface area contributed by atoms with E-state index in [1.54, 1.807) is 23.5 Å². The number of aryl methyl sites for hydroxylation is 1. The number of aromatic nitrogens is 1. The van der Waals surface area contributed by atoms with Crippen molar-refractivity contribution in [3.8, 4) is 0 Å². The average molecular weight is 298 g/mol. The zero-order chi connectivity index (χ0) is 14.8.